The topological polar surface area (TPSA) is 83.3 Å². The van der Waals surface area contributed by atoms with Crippen LogP contribution in [0.1, 0.15) is 19.3 Å². The largest absolute Gasteiger partial charge is 0.507 e. The molecule has 4 atom stereocenters. The van der Waals surface area contributed by atoms with Gasteiger partial charge in [-0.2, -0.15) is 0 Å². The van der Waals surface area contributed by atoms with E-state index in [4.69, 9.17) is 0 Å². The zero-order chi connectivity index (χ0) is 23.3. The summed E-state index contributed by atoms with van der Waals surface area (Å²) in [6, 6.07) is 5.29. The van der Waals surface area contributed by atoms with Gasteiger partial charge in [-0.25, -0.2) is 13.8 Å². The van der Waals surface area contributed by atoms with Crippen LogP contribution in [0.3, 0.4) is 0 Å². The first-order chi connectivity index (χ1) is 15.8. The molecule has 5 rings (SSSR count). The highest BCUT2D eigenvalue weighted by molar-refractivity contribution is 5.74. The molecule has 0 amide bonds. The Balaban J connectivity index is 1.40. The molecule has 2 aromatic heterocycles. The molecule has 2 aliphatic rings. The lowest BCUT2D eigenvalue weighted by Gasteiger charge is -2.38. The van der Waals surface area contributed by atoms with Gasteiger partial charge in [0.2, 0.25) is 0 Å². The Hall–Kier alpha value is -3.33. The molecule has 0 saturated carbocycles. The van der Waals surface area contributed by atoms with Crippen LogP contribution in [0.5, 0.6) is 5.75 Å². The van der Waals surface area contributed by atoms with Gasteiger partial charge >= 0.3 is 0 Å². The van der Waals surface area contributed by atoms with E-state index in [1.54, 1.807) is 19.3 Å². The van der Waals surface area contributed by atoms with Crippen LogP contribution in [0.2, 0.25) is 0 Å². The number of pyridine rings is 1. The Bertz CT molecular complexity index is 1250. The maximum absolute atomic E-state index is 14.9. The van der Waals surface area contributed by atoms with Crippen LogP contribution in [0, 0.1) is 5.82 Å². The summed E-state index contributed by atoms with van der Waals surface area (Å²) in [5, 5.41) is 13.9. The van der Waals surface area contributed by atoms with Crippen molar-refractivity contribution in [3.63, 3.8) is 0 Å². The van der Waals surface area contributed by atoms with Gasteiger partial charge in [0, 0.05) is 49.6 Å². The van der Waals surface area contributed by atoms with Gasteiger partial charge in [0.15, 0.2) is 0 Å². The van der Waals surface area contributed by atoms with Gasteiger partial charge in [-0.15, -0.1) is 0 Å². The number of nitrogens with one attached hydrogen (secondary N) is 1. The van der Waals surface area contributed by atoms with Crippen molar-refractivity contribution in [2.45, 2.75) is 43.6 Å². The number of benzene rings is 1. The highest BCUT2D eigenvalue weighted by Gasteiger charge is 2.43. The number of aryl methyl sites for hydroxylation is 1. The molecule has 172 valence electrons. The van der Waals surface area contributed by atoms with Crippen LogP contribution in [-0.2, 0) is 7.05 Å². The summed E-state index contributed by atoms with van der Waals surface area (Å²) in [4.78, 5) is 22.5. The summed E-state index contributed by atoms with van der Waals surface area (Å²) in [6.45, 7) is 0. The molecule has 2 aliphatic heterocycles. The van der Waals surface area contributed by atoms with Crippen molar-refractivity contribution in [2.24, 2.45) is 7.05 Å². The quantitative estimate of drug-likeness (QED) is 0.632. The third kappa shape index (κ3) is 3.86. The average molecular weight is 453 g/mol. The number of phenolic OH excluding ortho intramolecular Hbond substituents is 1. The fraction of sp³-hybridized carbons (Fsp3) is 0.375. The number of fused-ring (bicyclic) bond motifs is 2. The lowest BCUT2D eigenvalue weighted by Crippen LogP contribution is -2.55. The number of alkyl halides is 1. The fourth-order valence-electron chi connectivity index (χ4n) is 4.87. The monoisotopic (exact) mass is 453 g/mol. The molecule has 7 nitrogen and oxygen atoms in total. The Morgan fingerprint density at radius 2 is 2.00 bits per heavy atom. The minimum absolute atomic E-state index is 0.118. The zero-order valence-corrected chi connectivity index (χ0v) is 18.4. The van der Waals surface area contributed by atoms with E-state index in [0.29, 0.717) is 29.5 Å². The Kier molecular flexibility index (Phi) is 5.36. The summed E-state index contributed by atoms with van der Waals surface area (Å²) in [7, 11) is 3.41. The number of piperidine rings is 1. The second kappa shape index (κ2) is 8.22. The number of rotatable bonds is 4. The molecule has 0 aliphatic carbocycles. The minimum atomic E-state index is -0.990. The summed E-state index contributed by atoms with van der Waals surface area (Å²) in [6.07, 6.45) is 6.04. The van der Waals surface area contributed by atoms with E-state index in [2.05, 4.69) is 15.3 Å². The van der Waals surface area contributed by atoms with Crippen molar-refractivity contribution >= 4 is 5.82 Å². The Morgan fingerprint density at radius 1 is 1.18 bits per heavy atom. The van der Waals surface area contributed by atoms with E-state index < -0.39 is 12.0 Å². The maximum Gasteiger partial charge on any atom is 0.250 e. The van der Waals surface area contributed by atoms with Gasteiger partial charge < -0.3 is 19.9 Å². The SMILES string of the molecule is CN(c1cnc(-c2cc(F)c(-c3ccn(C)c(=O)c3)cc2O)cn1)[C@@H]1C[C@H]2CC[C@H](N2)[C@@H]1F. The third-order valence-electron chi connectivity index (χ3n) is 6.83. The predicted molar refractivity (Wildman–Crippen MR) is 121 cm³/mol. The second-order valence-corrected chi connectivity index (χ2v) is 8.88. The number of hydrogen-bond donors (Lipinski definition) is 2. The smallest absolute Gasteiger partial charge is 0.250 e. The summed E-state index contributed by atoms with van der Waals surface area (Å²) in [5.74, 6) is -0.254. The highest BCUT2D eigenvalue weighted by Crippen LogP contribution is 2.36. The van der Waals surface area contributed by atoms with Gasteiger partial charge in [0.05, 0.1) is 24.1 Å². The molecule has 0 unspecified atom stereocenters. The number of hydrogen-bond acceptors (Lipinski definition) is 6. The van der Waals surface area contributed by atoms with Crippen molar-refractivity contribution in [2.75, 3.05) is 11.9 Å². The van der Waals surface area contributed by atoms with Crippen molar-refractivity contribution < 1.29 is 13.9 Å². The lowest BCUT2D eigenvalue weighted by atomic mass is 9.96. The second-order valence-electron chi connectivity index (χ2n) is 8.88. The summed E-state index contributed by atoms with van der Waals surface area (Å²) < 4.78 is 31.2. The first-order valence-electron chi connectivity index (χ1n) is 11.0. The van der Waals surface area contributed by atoms with Crippen molar-refractivity contribution in [3.05, 3.63) is 59.0 Å². The van der Waals surface area contributed by atoms with Gasteiger partial charge in [-0.1, -0.05) is 0 Å². The van der Waals surface area contributed by atoms with E-state index in [1.807, 2.05) is 11.9 Å². The van der Waals surface area contributed by atoms with Crippen LogP contribution in [0.25, 0.3) is 22.4 Å². The van der Waals surface area contributed by atoms with Crippen LogP contribution in [0.4, 0.5) is 14.6 Å². The van der Waals surface area contributed by atoms with Crippen molar-refractivity contribution in [1.29, 1.82) is 0 Å². The minimum Gasteiger partial charge on any atom is -0.507 e. The molecular formula is C24H25F2N5O2. The predicted octanol–water partition coefficient (Wildman–Crippen LogP) is 3.02. The molecule has 3 aromatic rings. The van der Waals surface area contributed by atoms with Crippen LogP contribution in [-0.4, -0.2) is 51.0 Å². The standard InChI is InChI=1S/C24H25F2N5O2/c1-30-6-5-13(7-23(30)33)15-10-21(32)16(9-17(15)25)19-11-28-22(12-27-19)31(2)20-8-14-3-4-18(29-14)24(20)26/h5-7,9-12,14,18,20,24,29,32H,3-4,8H2,1-2H3/t14-,18+,20-,24+/m1/s1. The van der Waals surface area contributed by atoms with Gasteiger partial charge in [0.25, 0.3) is 5.56 Å². The third-order valence-corrected chi connectivity index (χ3v) is 6.83. The normalized spacial score (nSPS) is 24.1. The fourth-order valence-corrected chi connectivity index (χ4v) is 4.87. The van der Waals surface area contributed by atoms with Crippen molar-refractivity contribution in [1.82, 2.24) is 19.9 Å². The number of halogens is 2. The van der Waals surface area contributed by atoms with E-state index >= 15 is 0 Å². The summed E-state index contributed by atoms with van der Waals surface area (Å²) >= 11 is 0. The van der Waals surface area contributed by atoms with E-state index in [-0.39, 0.29) is 34.5 Å². The molecule has 4 heterocycles. The highest BCUT2D eigenvalue weighted by atomic mass is 19.1. The Labute approximate surface area is 189 Å². The molecule has 0 spiro atoms. The zero-order valence-electron chi connectivity index (χ0n) is 18.4. The Morgan fingerprint density at radius 3 is 2.73 bits per heavy atom. The first kappa shape index (κ1) is 21.5. The lowest BCUT2D eigenvalue weighted by molar-refractivity contribution is 0.176. The molecule has 2 fully saturated rings. The van der Waals surface area contributed by atoms with Crippen LogP contribution >= 0.6 is 0 Å². The van der Waals surface area contributed by atoms with Gasteiger partial charge in [0.1, 0.15) is 23.6 Å². The number of aromatic nitrogens is 3. The molecule has 9 heteroatoms. The molecule has 2 N–H and O–H groups in total. The van der Waals surface area contributed by atoms with Gasteiger partial charge in [-0.05, 0) is 43.0 Å². The first-order valence-corrected chi connectivity index (χ1v) is 11.0. The van der Waals surface area contributed by atoms with Crippen LogP contribution < -0.4 is 15.8 Å². The number of phenols is 1. The van der Waals surface area contributed by atoms with Crippen molar-refractivity contribution in [3.8, 4) is 28.1 Å². The summed E-state index contributed by atoms with van der Waals surface area (Å²) in [5.41, 5.74) is 0.689. The number of anilines is 1. The average Bonchev–Trinajstić information content (AvgIpc) is 3.22. The molecule has 2 saturated heterocycles. The molecular weight excluding hydrogens is 428 g/mol. The maximum atomic E-state index is 14.9. The molecule has 2 bridgehead atoms. The molecule has 1 aromatic carbocycles. The number of nitrogens with zero attached hydrogens (tertiary/aromatic N) is 4. The number of aromatic hydroxyl groups is 1. The van der Waals surface area contributed by atoms with Crippen LogP contribution in [0.15, 0.2) is 47.7 Å². The van der Waals surface area contributed by atoms with E-state index in [1.165, 1.54) is 35.2 Å². The van der Waals surface area contributed by atoms with E-state index in [9.17, 15) is 18.7 Å². The van der Waals surface area contributed by atoms with E-state index in [0.717, 1.165) is 12.8 Å². The van der Waals surface area contributed by atoms with Gasteiger partial charge in [-0.3, -0.25) is 9.78 Å². The molecule has 33 heavy (non-hydrogen) atoms. The molecule has 0 radical (unpaired) electrons.